The number of halogens is 1. The van der Waals surface area contributed by atoms with Crippen LogP contribution in [0.4, 0.5) is 10.2 Å². The van der Waals surface area contributed by atoms with E-state index in [-0.39, 0.29) is 28.9 Å². The van der Waals surface area contributed by atoms with E-state index in [2.05, 4.69) is 9.97 Å². The first-order valence-electron chi connectivity index (χ1n) is 9.60. The molecule has 1 aliphatic rings. The van der Waals surface area contributed by atoms with Crippen molar-refractivity contribution in [3.8, 4) is 22.4 Å². The summed E-state index contributed by atoms with van der Waals surface area (Å²) in [4.78, 5) is 8.18. The van der Waals surface area contributed by atoms with Crippen LogP contribution in [0.3, 0.4) is 0 Å². The highest BCUT2D eigenvalue weighted by Crippen LogP contribution is 2.34. The monoisotopic (exact) mass is 427 g/mol. The summed E-state index contributed by atoms with van der Waals surface area (Å²) < 4.78 is 43.1. The maximum atomic E-state index is 14.9. The van der Waals surface area contributed by atoms with Crippen LogP contribution in [0.5, 0.6) is 0 Å². The molecule has 0 radical (unpaired) electrons. The van der Waals surface area contributed by atoms with Crippen molar-refractivity contribution in [3.05, 3.63) is 60.7 Å². The lowest BCUT2D eigenvalue weighted by Crippen LogP contribution is -2.40. The second kappa shape index (κ2) is 8.10. The summed E-state index contributed by atoms with van der Waals surface area (Å²) in [6.07, 6.45) is 4.26. The maximum absolute atomic E-state index is 14.9. The number of benzene rings is 2. The molecule has 1 saturated heterocycles. The smallest absolute Gasteiger partial charge is 0.243 e. The van der Waals surface area contributed by atoms with Crippen molar-refractivity contribution in [1.29, 1.82) is 0 Å². The predicted molar refractivity (Wildman–Crippen MR) is 113 cm³/mol. The zero-order valence-electron chi connectivity index (χ0n) is 16.2. The third kappa shape index (κ3) is 3.67. The number of hydrogen-bond donors (Lipinski definition) is 2. The second-order valence-corrected chi connectivity index (χ2v) is 9.02. The molecule has 0 amide bonds. The number of anilines is 1. The van der Waals surface area contributed by atoms with Gasteiger partial charge in [0.05, 0.1) is 23.0 Å². The minimum Gasteiger partial charge on any atom is -0.382 e. The Morgan fingerprint density at radius 3 is 2.60 bits per heavy atom. The van der Waals surface area contributed by atoms with E-state index in [1.165, 1.54) is 22.8 Å². The van der Waals surface area contributed by atoms with Gasteiger partial charge in [0, 0.05) is 30.3 Å². The summed E-state index contributed by atoms with van der Waals surface area (Å²) in [7, 11) is -3.76. The molecule has 2 aromatic carbocycles. The van der Waals surface area contributed by atoms with E-state index < -0.39 is 15.8 Å². The molecule has 3 aromatic rings. The van der Waals surface area contributed by atoms with Gasteiger partial charge in [0.15, 0.2) is 0 Å². The first-order valence-corrected chi connectivity index (χ1v) is 11.0. The van der Waals surface area contributed by atoms with E-state index in [0.717, 1.165) is 12.8 Å². The van der Waals surface area contributed by atoms with Gasteiger partial charge in [-0.3, -0.25) is 4.98 Å². The van der Waals surface area contributed by atoms with Gasteiger partial charge in [0.1, 0.15) is 11.6 Å². The highest BCUT2D eigenvalue weighted by molar-refractivity contribution is 7.89. The third-order valence-corrected chi connectivity index (χ3v) is 7.31. The highest BCUT2D eigenvalue weighted by Gasteiger charge is 2.35. The summed E-state index contributed by atoms with van der Waals surface area (Å²) >= 11 is 0. The molecule has 2 heterocycles. The van der Waals surface area contributed by atoms with Crippen molar-refractivity contribution in [2.24, 2.45) is 5.73 Å². The number of sulfonamides is 1. The first kappa shape index (κ1) is 20.4. The van der Waals surface area contributed by atoms with Crippen LogP contribution in [0, 0.1) is 5.82 Å². The van der Waals surface area contributed by atoms with E-state index in [1.807, 2.05) is 0 Å². The van der Waals surface area contributed by atoms with Crippen LogP contribution in [0.15, 0.2) is 59.8 Å². The average Bonchev–Trinajstić information content (AvgIpc) is 3.24. The maximum Gasteiger partial charge on any atom is 0.243 e. The molecule has 30 heavy (non-hydrogen) atoms. The number of hydrogen-bond acceptors (Lipinski definition) is 6. The first-order chi connectivity index (χ1) is 14.4. The molecule has 1 atom stereocenters. The van der Waals surface area contributed by atoms with Gasteiger partial charge in [-0.25, -0.2) is 17.8 Å². The molecular formula is C21H22FN5O2S. The van der Waals surface area contributed by atoms with Crippen LogP contribution >= 0.6 is 0 Å². The van der Waals surface area contributed by atoms with Gasteiger partial charge >= 0.3 is 0 Å². The van der Waals surface area contributed by atoms with Gasteiger partial charge in [0.2, 0.25) is 10.0 Å². The molecule has 156 valence electrons. The predicted octanol–water partition coefficient (Wildman–Crippen LogP) is 2.64. The van der Waals surface area contributed by atoms with Gasteiger partial charge < -0.3 is 11.5 Å². The molecule has 9 heteroatoms. The summed E-state index contributed by atoms with van der Waals surface area (Å²) in [5, 5.41) is 0. The molecule has 0 bridgehead atoms. The Labute approximate surface area is 174 Å². The summed E-state index contributed by atoms with van der Waals surface area (Å²) in [5.41, 5.74) is 12.8. The molecule has 4 N–H and O–H groups in total. The largest absolute Gasteiger partial charge is 0.382 e. The lowest BCUT2D eigenvalue weighted by molar-refractivity contribution is 0.393. The van der Waals surface area contributed by atoms with Crippen LogP contribution < -0.4 is 11.5 Å². The lowest BCUT2D eigenvalue weighted by atomic mass is 10.0. The summed E-state index contributed by atoms with van der Waals surface area (Å²) in [6.45, 7) is 0.703. The Morgan fingerprint density at radius 2 is 1.90 bits per heavy atom. The van der Waals surface area contributed by atoms with Gasteiger partial charge in [-0.1, -0.05) is 24.3 Å². The fraction of sp³-hybridized carbons (Fsp3) is 0.238. The molecule has 1 fully saturated rings. The fourth-order valence-electron chi connectivity index (χ4n) is 3.79. The van der Waals surface area contributed by atoms with E-state index >= 15 is 0 Å². The Bertz CT molecular complexity index is 1170. The second-order valence-electron chi connectivity index (χ2n) is 7.16. The zero-order valence-corrected chi connectivity index (χ0v) is 17.0. The summed E-state index contributed by atoms with van der Waals surface area (Å²) in [5.74, 6) is -0.285. The van der Waals surface area contributed by atoms with Crippen molar-refractivity contribution in [2.45, 2.75) is 23.8 Å². The van der Waals surface area contributed by atoms with Crippen molar-refractivity contribution >= 4 is 15.8 Å². The van der Waals surface area contributed by atoms with Crippen LogP contribution in [0.1, 0.15) is 12.8 Å². The normalized spacial score (nSPS) is 17.3. The SMILES string of the molecule is NCC1CCCN1S(=O)(=O)c1ccccc1-c1ccc(-c2cnc(N)cn2)c(F)c1. The Kier molecular flexibility index (Phi) is 5.50. The average molecular weight is 428 g/mol. The van der Waals surface area contributed by atoms with Crippen molar-refractivity contribution < 1.29 is 12.8 Å². The van der Waals surface area contributed by atoms with Gasteiger partial charge in [0.25, 0.3) is 0 Å². The highest BCUT2D eigenvalue weighted by atomic mass is 32.2. The number of aromatic nitrogens is 2. The number of nitrogen functional groups attached to an aromatic ring is 1. The molecule has 7 nitrogen and oxygen atoms in total. The fourth-order valence-corrected chi connectivity index (χ4v) is 5.71. The molecule has 4 rings (SSSR count). The Morgan fingerprint density at radius 1 is 1.10 bits per heavy atom. The molecule has 0 saturated carbocycles. The van der Waals surface area contributed by atoms with E-state index in [0.29, 0.717) is 23.4 Å². The quantitative estimate of drug-likeness (QED) is 0.647. The lowest BCUT2D eigenvalue weighted by Gasteiger charge is -2.24. The minimum atomic E-state index is -3.76. The van der Waals surface area contributed by atoms with Crippen molar-refractivity contribution in [2.75, 3.05) is 18.8 Å². The standard InChI is InChI=1S/C21H22FN5O2S/c22-18-10-14(7-8-17(18)19-12-26-21(24)13-25-19)16-5-1-2-6-20(16)30(28,29)27-9-3-4-15(27)11-23/h1-2,5-8,10,12-13,15H,3-4,9,11,23H2,(H2,24,26). The molecule has 0 spiro atoms. The Hall–Kier alpha value is -2.88. The van der Waals surface area contributed by atoms with Gasteiger partial charge in [-0.2, -0.15) is 4.31 Å². The number of nitrogens with zero attached hydrogens (tertiary/aromatic N) is 3. The molecule has 1 aliphatic heterocycles. The Balaban J connectivity index is 1.76. The van der Waals surface area contributed by atoms with E-state index in [9.17, 15) is 12.8 Å². The minimum absolute atomic E-state index is 0.143. The molecule has 0 aliphatic carbocycles. The molecule has 1 aromatic heterocycles. The third-order valence-electron chi connectivity index (χ3n) is 5.30. The van der Waals surface area contributed by atoms with Gasteiger partial charge in [-0.05, 0) is 36.6 Å². The van der Waals surface area contributed by atoms with E-state index in [1.54, 1.807) is 36.4 Å². The van der Waals surface area contributed by atoms with Crippen LogP contribution in [0.25, 0.3) is 22.4 Å². The van der Waals surface area contributed by atoms with Crippen LogP contribution in [-0.2, 0) is 10.0 Å². The van der Waals surface area contributed by atoms with Crippen molar-refractivity contribution in [1.82, 2.24) is 14.3 Å². The van der Waals surface area contributed by atoms with Crippen LogP contribution in [-0.4, -0.2) is 41.8 Å². The van der Waals surface area contributed by atoms with Crippen molar-refractivity contribution in [3.63, 3.8) is 0 Å². The number of rotatable bonds is 5. The summed E-state index contributed by atoms with van der Waals surface area (Å²) in [6, 6.07) is 11.0. The van der Waals surface area contributed by atoms with Gasteiger partial charge in [-0.15, -0.1) is 0 Å². The zero-order chi connectivity index (χ0) is 21.3. The molecular weight excluding hydrogens is 405 g/mol. The molecule has 1 unspecified atom stereocenters. The van der Waals surface area contributed by atoms with E-state index in [4.69, 9.17) is 11.5 Å². The van der Waals surface area contributed by atoms with Crippen LogP contribution in [0.2, 0.25) is 0 Å². The topological polar surface area (TPSA) is 115 Å². The number of nitrogens with two attached hydrogens (primary N) is 2.